The number of aliphatic hydroxyl groups is 1. The summed E-state index contributed by atoms with van der Waals surface area (Å²) in [6, 6.07) is 10.3. The van der Waals surface area contributed by atoms with E-state index >= 15 is 0 Å². The Hall–Kier alpha value is -2.27. The van der Waals surface area contributed by atoms with Gasteiger partial charge in [-0.1, -0.05) is 24.6 Å². The van der Waals surface area contributed by atoms with Crippen molar-refractivity contribution >= 4 is 11.6 Å². The standard InChI is InChI=1S/C20H23F2NO2/c1-14-5-7-16(8-6-14)20(25)23(13-15(2)4-3-11-24)19-10-9-17(21)12-18(19)22/h5-10,12,15,24H,3-4,11,13H2,1-2H3. The van der Waals surface area contributed by atoms with Crippen LogP contribution in [0.25, 0.3) is 0 Å². The normalized spacial score (nSPS) is 12.0. The minimum absolute atomic E-state index is 0.0582. The number of anilines is 1. The van der Waals surface area contributed by atoms with Crippen LogP contribution in [-0.2, 0) is 0 Å². The fraction of sp³-hybridized carbons (Fsp3) is 0.350. The van der Waals surface area contributed by atoms with Crippen LogP contribution in [0.2, 0.25) is 0 Å². The molecule has 0 heterocycles. The first-order valence-electron chi connectivity index (χ1n) is 8.37. The van der Waals surface area contributed by atoms with Gasteiger partial charge >= 0.3 is 0 Å². The lowest BCUT2D eigenvalue weighted by Crippen LogP contribution is -2.35. The molecule has 0 radical (unpaired) electrons. The third kappa shape index (κ3) is 5.10. The van der Waals surface area contributed by atoms with Crippen LogP contribution in [0.3, 0.4) is 0 Å². The number of benzene rings is 2. The lowest BCUT2D eigenvalue weighted by Gasteiger charge is -2.26. The third-order valence-corrected chi connectivity index (χ3v) is 4.09. The molecule has 0 aliphatic carbocycles. The van der Waals surface area contributed by atoms with Gasteiger partial charge in [-0.25, -0.2) is 8.78 Å². The SMILES string of the molecule is Cc1ccc(C(=O)N(CC(C)CCCO)c2ccc(F)cc2F)cc1. The molecule has 5 heteroatoms. The van der Waals surface area contributed by atoms with E-state index in [9.17, 15) is 13.6 Å². The molecule has 0 aliphatic heterocycles. The van der Waals surface area contributed by atoms with Crippen molar-refractivity contribution in [1.29, 1.82) is 0 Å². The maximum Gasteiger partial charge on any atom is 0.258 e. The molecule has 1 atom stereocenters. The van der Waals surface area contributed by atoms with E-state index in [1.165, 1.54) is 11.0 Å². The van der Waals surface area contributed by atoms with E-state index in [4.69, 9.17) is 5.11 Å². The van der Waals surface area contributed by atoms with Crippen molar-refractivity contribution in [2.24, 2.45) is 5.92 Å². The van der Waals surface area contributed by atoms with Crippen LogP contribution >= 0.6 is 0 Å². The van der Waals surface area contributed by atoms with Crippen molar-refractivity contribution in [1.82, 2.24) is 0 Å². The van der Waals surface area contributed by atoms with Crippen molar-refractivity contribution < 1.29 is 18.7 Å². The van der Waals surface area contributed by atoms with Gasteiger partial charge in [0, 0.05) is 24.8 Å². The average Bonchev–Trinajstić information content (AvgIpc) is 2.58. The van der Waals surface area contributed by atoms with Gasteiger partial charge in [-0.2, -0.15) is 0 Å². The number of carbonyl (C=O) groups excluding carboxylic acids is 1. The van der Waals surface area contributed by atoms with E-state index in [1.54, 1.807) is 12.1 Å². The first-order chi connectivity index (χ1) is 11.9. The first kappa shape index (κ1) is 19.1. The summed E-state index contributed by atoms with van der Waals surface area (Å²) in [6.07, 6.45) is 1.32. The van der Waals surface area contributed by atoms with Crippen LogP contribution in [0.1, 0.15) is 35.7 Å². The number of aryl methyl sites for hydroxylation is 1. The average molecular weight is 347 g/mol. The van der Waals surface area contributed by atoms with E-state index in [0.717, 1.165) is 17.7 Å². The molecule has 0 fully saturated rings. The van der Waals surface area contributed by atoms with Crippen molar-refractivity contribution in [2.45, 2.75) is 26.7 Å². The smallest absolute Gasteiger partial charge is 0.258 e. The van der Waals surface area contributed by atoms with Gasteiger partial charge in [-0.05, 0) is 49.9 Å². The number of carbonyl (C=O) groups is 1. The Balaban J connectivity index is 2.33. The van der Waals surface area contributed by atoms with Crippen LogP contribution in [-0.4, -0.2) is 24.2 Å². The summed E-state index contributed by atoms with van der Waals surface area (Å²) in [5.74, 6) is -1.72. The molecule has 0 spiro atoms. The van der Waals surface area contributed by atoms with Crippen LogP contribution < -0.4 is 4.90 Å². The molecule has 2 aromatic carbocycles. The van der Waals surface area contributed by atoms with E-state index in [2.05, 4.69) is 0 Å². The monoisotopic (exact) mass is 347 g/mol. The molecule has 134 valence electrons. The fourth-order valence-electron chi connectivity index (χ4n) is 2.69. The Morgan fingerprint density at radius 2 is 1.84 bits per heavy atom. The number of halogens is 2. The topological polar surface area (TPSA) is 40.5 Å². The summed E-state index contributed by atoms with van der Waals surface area (Å²) in [5, 5.41) is 8.97. The summed E-state index contributed by atoms with van der Waals surface area (Å²) in [5.41, 5.74) is 1.53. The molecule has 1 N–H and O–H groups in total. The van der Waals surface area contributed by atoms with E-state index in [-0.39, 0.29) is 30.7 Å². The van der Waals surface area contributed by atoms with Gasteiger partial charge in [-0.15, -0.1) is 0 Å². The molecule has 0 aliphatic rings. The Labute approximate surface area is 146 Å². The number of rotatable bonds is 7. The Morgan fingerprint density at radius 1 is 1.16 bits per heavy atom. The zero-order valence-corrected chi connectivity index (χ0v) is 14.5. The molecular formula is C20H23F2NO2. The van der Waals surface area contributed by atoms with Crippen molar-refractivity contribution in [3.05, 3.63) is 65.2 Å². The zero-order chi connectivity index (χ0) is 18.4. The Bertz CT molecular complexity index is 716. The molecule has 0 bridgehead atoms. The molecular weight excluding hydrogens is 324 g/mol. The van der Waals surface area contributed by atoms with Gasteiger partial charge in [0.1, 0.15) is 11.6 Å². The number of hydrogen-bond donors (Lipinski definition) is 1. The molecule has 3 nitrogen and oxygen atoms in total. The van der Waals surface area contributed by atoms with E-state index in [1.807, 2.05) is 26.0 Å². The quantitative estimate of drug-likeness (QED) is 0.810. The highest BCUT2D eigenvalue weighted by Gasteiger charge is 2.23. The highest BCUT2D eigenvalue weighted by molar-refractivity contribution is 6.06. The van der Waals surface area contributed by atoms with Crippen molar-refractivity contribution in [2.75, 3.05) is 18.1 Å². The predicted molar refractivity (Wildman–Crippen MR) is 94.7 cm³/mol. The number of amides is 1. The second-order valence-corrected chi connectivity index (χ2v) is 6.35. The molecule has 2 aromatic rings. The van der Waals surface area contributed by atoms with Crippen LogP contribution in [0.15, 0.2) is 42.5 Å². The molecule has 2 rings (SSSR count). The largest absolute Gasteiger partial charge is 0.396 e. The fourth-order valence-corrected chi connectivity index (χ4v) is 2.69. The summed E-state index contributed by atoms with van der Waals surface area (Å²) >= 11 is 0. The predicted octanol–water partition coefficient (Wildman–Crippen LogP) is 4.33. The van der Waals surface area contributed by atoms with Gasteiger partial charge in [0.05, 0.1) is 5.69 Å². The van der Waals surface area contributed by atoms with Crippen molar-refractivity contribution in [3.8, 4) is 0 Å². The second-order valence-electron chi connectivity index (χ2n) is 6.35. The van der Waals surface area contributed by atoms with Crippen molar-refractivity contribution in [3.63, 3.8) is 0 Å². The first-order valence-corrected chi connectivity index (χ1v) is 8.37. The summed E-state index contributed by atoms with van der Waals surface area (Å²) in [4.78, 5) is 14.3. The summed E-state index contributed by atoms with van der Waals surface area (Å²) < 4.78 is 27.5. The zero-order valence-electron chi connectivity index (χ0n) is 14.5. The summed E-state index contributed by atoms with van der Waals surface area (Å²) in [7, 11) is 0. The highest BCUT2D eigenvalue weighted by Crippen LogP contribution is 2.24. The second kappa shape index (κ2) is 8.72. The number of aliphatic hydroxyl groups excluding tert-OH is 1. The minimum Gasteiger partial charge on any atom is -0.396 e. The summed E-state index contributed by atoms with van der Waals surface area (Å²) in [6.45, 7) is 4.21. The molecule has 25 heavy (non-hydrogen) atoms. The molecule has 0 saturated heterocycles. The van der Waals surface area contributed by atoms with Gasteiger partial charge in [0.2, 0.25) is 0 Å². The highest BCUT2D eigenvalue weighted by atomic mass is 19.1. The van der Waals surface area contributed by atoms with Gasteiger partial charge < -0.3 is 10.0 Å². The third-order valence-electron chi connectivity index (χ3n) is 4.09. The molecule has 1 unspecified atom stereocenters. The van der Waals surface area contributed by atoms with Gasteiger partial charge in [-0.3, -0.25) is 4.79 Å². The van der Waals surface area contributed by atoms with Gasteiger partial charge in [0.15, 0.2) is 0 Å². The molecule has 1 amide bonds. The van der Waals surface area contributed by atoms with E-state index in [0.29, 0.717) is 18.4 Å². The number of hydrogen-bond acceptors (Lipinski definition) is 2. The van der Waals surface area contributed by atoms with E-state index < -0.39 is 11.6 Å². The minimum atomic E-state index is -0.769. The Kier molecular flexibility index (Phi) is 6.65. The molecule has 0 saturated carbocycles. The Morgan fingerprint density at radius 3 is 2.44 bits per heavy atom. The van der Waals surface area contributed by atoms with Crippen LogP contribution in [0.4, 0.5) is 14.5 Å². The van der Waals surface area contributed by atoms with Crippen LogP contribution in [0.5, 0.6) is 0 Å². The maximum atomic E-state index is 14.3. The lowest BCUT2D eigenvalue weighted by molar-refractivity contribution is 0.0981. The maximum absolute atomic E-state index is 14.3. The van der Waals surface area contributed by atoms with Gasteiger partial charge in [0.25, 0.3) is 5.91 Å². The van der Waals surface area contributed by atoms with Crippen LogP contribution in [0, 0.1) is 24.5 Å². The number of nitrogens with zero attached hydrogens (tertiary/aromatic N) is 1. The molecule has 0 aromatic heterocycles. The lowest BCUT2D eigenvalue weighted by atomic mass is 10.0.